The summed E-state index contributed by atoms with van der Waals surface area (Å²) >= 11 is 13.5. The maximum atomic E-state index is 13.0. The molecule has 1 N–H and O–H groups in total. The van der Waals surface area contributed by atoms with Crippen LogP contribution in [0.5, 0.6) is 0 Å². The number of allylic oxidation sites excluding steroid dienone is 2. The number of carbonyl (C=O) groups excluding carboxylic acids is 1. The van der Waals surface area contributed by atoms with Gasteiger partial charge in [-0.25, -0.2) is 0 Å². The molecule has 132 valence electrons. The fourth-order valence-electron chi connectivity index (χ4n) is 3.21. The Bertz CT molecular complexity index is 853. The molecule has 2 heterocycles. The van der Waals surface area contributed by atoms with E-state index in [4.69, 9.17) is 27.9 Å². The Morgan fingerprint density at radius 3 is 2.72 bits per heavy atom. The second-order valence-corrected chi connectivity index (χ2v) is 7.74. The third-order valence-corrected chi connectivity index (χ3v) is 5.76. The number of nitrogens with zero attached hydrogens (tertiary/aromatic N) is 1. The molecule has 25 heavy (non-hydrogen) atoms. The van der Waals surface area contributed by atoms with E-state index in [1.807, 2.05) is 0 Å². The Morgan fingerprint density at radius 2 is 2.16 bits per heavy atom. The molecule has 1 aliphatic heterocycles. The molecule has 1 amide bonds. The van der Waals surface area contributed by atoms with Crippen molar-refractivity contribution in [2.24, 2.45) is 0 Å². The number of halogens is 2. The van der Waals surface area contributed by atoms with E-state index in [-0.39, 0.29) is 18.4 Å². The number of thiophene rings is 1. The van der Waals surface area contributed by atoms with Crippen molar-refractivity contribution in [2.45, 2.75) is 25.8 Å². The van der Waals surface area contributed by atoms with E-state index in [9.17, 15) is 14.7 Å². The highest BCUT2D eigenvalue weighted by molar-refractivity contribution is 7.14. The first-order valence-electron chi connectivity index (χ1n) is 7.47. The molecule has 1 aromatic heterocycles. The summed E-state index contributed by atoms with van der Waals surface area (Å²) in [6.07, 6.45) is 1.93. The van der Waals surface area contributed by atoms with Crippen LogP contribution in [0.15, 0.2) is 45.2 Å². The summed E-state index contributed by atoms with van der Waals surface area (Å²) in [5, 5.41) is 11.4. The lowest BCUT2D eigenvalue weighted by Crippen LogP contribution is -2.37. The van der Waals surface area contributed by atoms with Crippen LogP contribution in [0, 0.1) is 0 Å². The number of hydrogen-bond acceptors (Lipinski definition) is 4. The predicted molar refractivity (Wildman–Crippen MR) is 96.8 cm³/mol. The van der Waals surface area contributed by atoms with Gasteiger partial charge in [-0.05, 0) is 30.2 Å². The summed E-state index contributed by atoms with van der Waals surface area (Å²) in [5.74, 6) is -0.680. The van der Waals surface area contributed by atoms with Gasteiger partial charge in [0.1, 0.15) is 5.76 Å². The largest absolute Gasteiger partial charge is 0.496 e. The molecule has 2 aliphatic rings. The van der Waals surface area contributed by atoms with Gasteiger partial charge in [-0.1, -0.05) is 23.2 Å². The van der Waals surface area contributed by atoms with Crippen molar-refractivity contribution in [1.29, 1.82) is 0 Å². The lowest BCUT2D eigenvalue weighted by molar-refractivity contribution is -0.136. The summed E-state index contributed by atoms with van der Waals surface area (Å²) in [6.45, 7) is 1.75. The maximum absolute atomic E-state index is 13.0. The summed E-state index contributed by atoms with van der Waals surface area (Å²) in [7, 11) is 1.51. The zero-order chi connectivity index (χ0) is 18.3. The van der Waals surface area contributed by atoms with Gasteiger partial charge >= 0.3 is 5.97 Å². The molecule has 1 atom stereocenters. The van der Waals surface area contributed by atoms with Crippen molar-refractivity contribution < 1.29 is 19.4 Å². The van der Waals surface area contributed by atoms with E-state index < -0.39 is 5.97 Å². The highest BCUT2D eigenvalue weighted by Gasteiger charge is 2.41. The number of aliphatic carboxylic acids is 1. The minimum atomic E-state index is -0.957. The fraction of sp³-hybridized carbons (Fsp3) is 0.294. The molecular weight excluding hydrogens is 385 g/mol. The van der Waals surface area contributed by atoms with Crippen LogP contribution < -0.4 is 0 Å². The highest BCUT2D eigenvalue weighted by atomic mass is 35.5. The van der Waals surface area contributed by atoms with Crippen LogP contribution in [0.1, 0.15) is 30.1 Å². The average Bonchev–Trinajstić information content (AvgIpc) is 3.08. The van der Waals surface area contributed by atoms with Gasteiger partial charge in [-0.3, -0.25) is 9.59 Å². The topological polar surface area (TPSA) is 66.8 Å². The minimum absolute atomic E-state index is 0.170. The smallest absolute Gasteiger partial charge is 0.307 e. The number of carbonyl (C=O) groups is 2. The van der Waals surface area contributed by atoms with Crippen molar-refractivity contribution in [3.05, 3.63) is 55.1 Å². The molecule has 0 fully saturated rings. The Balaban J connectivity index is 2.06. The van der Waals surface area contributed by atoms with E-state index in [0.717, 1.165) is 5.57 Å². The Morgan fingerprint density at radius 1 is 1.44 bits per heavy atom. The molecule has 0 saturated heterocycles. The number of carboxylic acids is 1. The van der Waals surface area contributed by atoms with Gasteiger partial charge in [-0.2, -0.15) is 0 Å². The first-order chi connectivity index (χ1) is 11.8. The van der Waals surface area contributed by atoms with E-state index in [0.29, 0.717) is 38.4 Å². The third-order valence-electron chi connectivity index (χ3n) is 4.32. The second-order valence-electron chi connectivity index (χ2n) is 5.74. The number of carboxylic acid groups (broad SMARTS) is 1. The molecule has 0 bridgehead atoms. The maximum Gasteiger partial charge on any atom is 0.307 e. The average molecular weight is 400 g/mol. The Labute approximate surface area is 158 Å². The number of rotatable bonds is 4. The first kappa shape index (κ1) is 18.0. The van der Waals surface area contributed by atoms with Gasteiger partial charge < -0.3 is 14.7 Å². The number of fused-ring (bicyclic) bond motifs is 1. The molecule has 1 aliphatic carbocycles. The monoisotopic (exact) mass is 399 g/mol. The first-order valence-corrected chi connectivity index (χ1v) is 9.10. The van der Waals surface area contributed by atoms with Gasteiger partial charge in [0.25, 0.3) is 5.91 Å². The number of hydrogen-bond donors (Lipinski definition) is 1. The van der Waals surface area contributed by atoms with Crippen LogP contribution in [-0.4, -0.2) is 35.0 Å². The number of amides is 1. The fourth-order valence-corrected chi connectivity index (χ4v) is 4.34. The number of methoxy groups -OCH3 is 1. The molecule has 0 saturated carbocycles. The van der Waals surface area contributed by atoms with Crippen molar-refractivity contribution in [3.63, 3.8) is 0 Å². The third kappa shape index (κ3) is 3.21. The van der Waals surface area contributed by atoms with Gasteiger partial charge in [0, 0.05) is 17.5 Å². The van der Waals surface area contributed by atoms with Crippen LogP contribution in [0.4, 0.5) is 0 Å². The zero-order valence-corrected chi connectivity index (χ0v) is 15.8. The van der Waals surface area contributed by atoms with E-state index in [1.165, 1.54) is 18.4 Å². The molecule has 0 radical (unpaired) electrons. The van der Waals surface area contributed by atoms with Gasteiger partial charge in [0.15, 0.2) is 0 Å². The van der Waals surface area contributed by atoms with Crippen LogP contribution >= 0.6 is 34.5 Å². The normalized spacial score (nSPS) is 19.9. The molecule has 1 unspecified atom stereocenters. The predicted octanol–water partition coefficient (Wildman–Crippen LogP) is 4.40. The van der Waals surface area contributed by atoms with Gasteiger partial charge in [-0.15, -0.1) is 11.3 Å². The molecule has 5 nitrogen and oxygen atoms in total. The summed E-state index contributed by atoms with van der Waals surface area (Å²) in [4.78, 5) is 25.9. The van der Waals surface area contributed by atoms with Crippen molar-refractivity contribution >= 4 is 46.4 Å². The number of ether oxygens (including phenoxy) is 1. The SMILES string of the molecule is COC1=C(Cl)CC2C(=C1)C(CC(=O)O)=C(C)N2C(=O)c1csc(Cl)c1. The van der Waals surface area contributed by atoms with Crippen LogP contribution in [0.3, 0.4) is 0 Å². The molecule has 3 rings (SSSR count). The van der Waals surface area contributed by atoms with E-state index in [2.05, 4.69) is 0 Å². The van der Waals surface area contributed by atoms with Crippen molar-refractivity contribution in [2.75, 3.05) is 7.11 Å². The molecule has 8 heteroatoms. The second kappa shape index (κ2) is 6.86. The van der Waals surface area contributed by atoms with Crippen LogP contribution in [0.2, 0.25) is 4.34 Å². The highest BCUT2D eigenvalue weighted by Crippen LogP contribution is 2.44. The summed E-state index contributed by atoms with van der Waals surface area (Å²) < 4.78 is 5.79. The van der Waals surface area contributed by atoms with Crippen LogP contribution in [-0.2, 0) is 9.53 Å². The van der Waals surface area contributed by atoms with Crippen LogP contribution in [0.25, 0.3) is 0 Å². The quantitative estimate of drug-likeness (QED) is 0.814. The minimum Gasteiger partial charge on any atom is -0.496 e. The van der Waals surface area contributed by atoms with E-state index in [1.54, 1.807) is 29.3 Å². The standard InChI is InChI=1S/C17H15Cl2NO4S/c1-8-10(5-16(21)22)11-4-14(24-2)12(18)6-13(11)20(8)17(23)9-3-15(19)25-7-9/h3-4,7,13H,5-6H2,1-2H3,(H,21,22). The Kier molecular flexibility index (Phi) is 4.95. The molecule has 1 aromatic rings. The van der Waals surface area contributed by atoms with Gasteiger partial charge in [0.2, 0.25) is 0 Å². The van der Waals surface area contributed by atoms with E-state index >= 15 is 0 Å². The molecule has 0 spiro atoms. The summed E-state index contributed by atoms with van der Waals surface area (Å²) in [5.41, 5.74) is 2.47. The lowest BCUT2D eigenvalue weighted by Gasteiger charge is -2.29. The molecule has 0 aromatic carbocycles. The summed E-state index contributed by atoms with van der Waals surface area (Å²) in [6, 6.07) is 1.27. The van der Waals surface area contributed by atoms with Crippen molar-refractivity contribution in [1.82, 2.24) is 4.90 Å². The zero-order valence-electron chi connectivity index (χ0n) is 13.5. The Hall–Kier alpha value is -1.76. The molecular formula is C17H15Cl2NO4S. The van der Waals surface area contributed by atoms with Crippen molar-refractivity contribution in [3.8, 4) is 0 Å². The lowest BCUT2D eigenvalue weighted by atomic mass is 9.92. The van der Waals surface area contributed by atoms with Gasteiger partial charge in [0.05, 0.1) is 34.5 Å².